The van der Waals surface area contributed by atoms with Crippen LogP contribution in [0.3, 0.4) is 0 Å². The third kappa shape index (κ3) is 4.15. The van der Waals surface area contributed by atoms with E-state index in [-0.39, 0.29) is 19.0 Å². The first-order chi connectivity index (χ1) is 9.85. The molecule has 1 aliphatic heterocycles. The average Bonchev–Trinajstić information content (AvgIpc) is 2.46. The highest BCUT2D eigenvalue weighted by Crippen LogP contribution is 2.27. The highest BCUT2D eigenvalue weighted by Gasteiger charge is 2.39. The molecule has 1 aromatic carbocycles. The lowest BCUT2D eigenvalue weighted by atomic mass is 9.95. The molecule has 0 aliphatic carbocycles. The summed E-state index contributed by atoms with van der Waals surface area (Å²) in [6, 6.07) is 5.71. The van der Waals surface area contributed by atoms with E-state index in [1.54, 1.807) is 7.11 Å². The molecule has 0 amide bonds. The van der Waals surface area contributed by atoms with E-state index in [1.165, 1.54) is 34.8 Å². The number of ether oxygens (including phenoxy) is 2. The van der Waals surface area contributed by atoms with Crippen LogP contribution in [0.1, 0.15) is 12.8 Å². The van der Waals surface area contributed by atoms with Crippen LogP contribution in [-0.4, -0.2) is 51.4 Å². The first-order valence-electron chi connectivity index (χ1n) is 6.73. The molecule has 1 aromatic rings. The monoisotopic (exact) mass is 317 g/mol. The molecule has 1 saturated heterocycles. The minimum Gasteiger partial charge on any atom is -0.491 e. The van der Waals surface area contributed by atoms with Gasteiger partial charge in [0.15, 0.2) is 0 Å². The number of hydrogen-bond donors (Lipinski definition) is 0. The maximum absolute atomic E-state index is 12.9. The van der Waals surface area contributed by atoms with Crippen molar-refractivity contribution in [1.82, 2.24) is 4.31 Å². The number of nitrogens with zero attached hydrogens (tertiary/aromatic N) is 1. The van der Waals surface area contributed by atoms with Crippen molar-refractivity contribution in [1.29, 1.82) is 0 Å². The summed E-state index contributed by atoms with van der Waals surface area (Å²) in [6.45, 7) is 0.991. The van der Waals surface area contributed by atoms with Gasteiger partial charge in [0.25, 0.3) is 0 Å². The Balaban J connectivity index is 2.05. The van der Waals surface area contributed by atoms with Crippen LogP contribution in [0, 0.1) is 5.82 Å². The molecule has 1 heterocycles. The molecular formula is C14H20FNO4S. The van der Waals surface area contributed by atoms with Crippen molar-refractivity contribution in [3.63, 3.8) is 0 Å². The number of halogens is 1. The zero-order chi connectivity index (χ0) is 15.5. The van der Waals surface area contributed by atoms with Crippen LogP contribution in [0.15, 0.2) is 24.3 Å². The van der Waals surface area contributed by atoms with Crippen LogP contribution in [0.25, 0.3) is 0 Å². The van der Waals surface area contributed by atoms with Gasteiger partial charge in [-0.05, 0) is 37.1 Å². The van der Waals surface area contributed by atoms with E-state index < -0.39 is 15.6 Å². The second kappa shape index (κ2) is 6.29. The quantitative estimate of drug-likeness (QED) is 0.828. The second-order valence-electron chi connectivity index (χ2n) is 5.33. The zero-order valence-corrected chi connectivity index (χ0v) is 13.0. The summed E-state index contributed by atoms with van der Waals surface area (Å²) >= 11 is 0. The number of sulfonamides is 1. The number of methoxy groups -OCH3 is 1. The van der Waals surface area contributed by atoms with Crippen LogP contribution >= 0.6 is 0 Å². The molecule has 2 rings (SSSR count). The summed E-state index contributed by atoms with van der Waals surface area (Å²) in [5.74, 6) is 0.203. The predicted molar refractivity (Wildman–Crippen MR) is 77.3 cm³/mol. The van der Waals surface area contributed by atoms with Crippen molar-refractivity contribution >= 4 is 10.0 Å². The Hall–Kier alpha value is -1.18. The van der Waals surface area contributed by atoms with Gasteiger partial charge >= 0.3 is 0 Å². The predicted octanol–water partition coefficient (Wildman–Crippen LogP) is 1.65. The SMILES string of the molecule is COC1(COc2ccc(F)cc2)CCCN(S(C)(=O)=O)C1. The van der Waals surface area contributed by atoms with Crippen molar-refractivity contribution in [3.8, 4) is 5.75 Å². The van der Waals surface area contributed by atoms with Gasteiger partial charge in [0.2, 0.25) is 10.0 Å². The van der Waals surface area contributed by atoms with Crippen molar-refractivity contribution in [2.24, 2.45) is 0 Å². The van der Waals surface area contributed by atoms with E-state index >= 15 is 0 Å². The minimum absolute atomic E-state index is 0.223. The van der Waals surface area contributed by atoms with E-state index in [9.17, 15) is 12.8 Å². The molecule has 1 atom stereocenters. The molecule has 118 valence electrons. The Labute approximate surface area is 124 Å². The number of piperidine rings is 1. The van der Waals surface area contributed by atoms with Crippen LogP contribution in [0.4, 0.5) is 4.39 Å². The fourth-order valence-electron chi connectivity index (χ4n) is 2.43. The smallest absolute Gasteiger partial charge is 0.211 e. The molecule has 1 fully saturated rings. The largest absolute Gasteiger partial charge is 0.491 e. The molecule has 0 N–H and O–H groups in total. The molecule has 1 unspecified atom stereocenters. The molecule has 5 nitrogen and oxygen atoms in total. The summed E-state index contributed by atoms with van der Waals surface area (Å²) in [4.78, 5) is 0. The number of benzene rings is 1. The van der Waals surface area contributed by atoms with Crippen molar-refractivity contribution in [2.75, 3.05) is 33.1 Å². The van der Waals surface area contributed by atoms with Crippen molar-refractivity contribution in [2.45, 2.75) is 18.4 Å². The van der Waals surface area contributed by atoms with Gasteiger partial charge < -0.3 is 9.47 Å². The molecule has 0 aromatic heterocycles. The molecular weight excluding hydrogens is 297 g/mol. The molecule has 0 bridgehead atoms. The van der Waals surface area contributed by atoms with E-state index in [4.69, 9.17) is 9.47 Å². The van der Waals surface area contributed by atoms with Gasteiger partial charge in [-0.25, -0.2) is 12.8 Å². The van der Waals surface area contributed by atoms with Crippen molar-refractivity contribution in [3.05, 3.63) is 30.1 Å². The van der Waals surface area contributed by atoms with Gasteiger partial charge in [-0.3, -0.25) is 0 Å². The van der Waals surface area contributed by atoms with E-state index in [1.807, 2.05) is 0 Å². The zero-order valence-electron chi connectivity index (χ0n) is 12.2. The first-order valence-corrected chi connectivity index (χ1v) is 8.58. The maximum Gasteiger partial charge on any atom is 0.211 e. The second-order valence-corrected chi connectivity index (χ2v) is 7.31. The Morgan fingerprint density at radius 1 is 1.33 bits per heavy atom. The fraction of sp³-hybridized carbons (Fsp3) is 0.571. The topological polar surface area (TPSA) is 55.8 Å². The summed E-state index contributed by atoms with van der Waals surface area (Å²) < 4.78 is 48.8. The molecule has 7 heteroatoms. The Morgan fingerprint density at radius 3 is 2.57 bits per heavy atom. The molecule has 21 heavy (non-hydrogen) atoms. The fourth-order valence-corrected chi connectivity index (χ4v) is 3.36. The van der Waals surface area contributed by atoms with Gasteiger partial charge in [0.05, 0.1) is 6.26 Å². The van der Waals surface area contributed by atoms with E-state index in [0.29, 0.717) is 18.7 Å². The van der Waals surface area contributed by atoms with Crippen molar-refractivity contribution < 1.29 is 22.3 Å². The maximum atomic E-state index is 12.9. The van der Waals surface area contributed by atoms with Gasteiger partial charge in [-0.15, -0.1) is 0 Å². The van der Waals surface area contributed by atoms with Crippen LogP contribution in [0.2, 0.25) is 0 Å². The van der Waals surface area contributed by atoms with Gasteiger partial charge in [0, 0.05) is 20.2 Å². The highest BCUT2D eigenvalue weighted by molar-refractivity contribution is 7.88. The van der Waals surface area contributed by atoms with E-state index in [2.05, 4.69) is 0 Å². The minimum atomic E-state index is -3.25. The lowest BCUT2D eigenvalue weighted by Crippen LogP contribution is -2.54. The lowest BCUT2D eigenvalue weighted by molar-refractivity contribution is -0.0745. The Bertz CT molecular complexity index is 575. The molecule has 1 aliphatic rings. The summed E-state index contributed by atoms with van der Waals surface area (Å²) in [7, 11) is -1.69. The third-order valence-corrected chi connectivity index (χ3v) is 4.97. The third-order valence-electron chi connectivity index (χ3n) is 3.72. The summed E-state index contributed by atoms with van der Waals surface area (Å²) in [5.41, 5.74) is -0.671. The normalized spacial score (nSPS) is 24.0. The standard InChI is InChI=1S/C14H20FNO4S/c1-19-14(8-3-9-16(10-14)21(2,17)18)11-20-13-6-4-12(15)5-7-13/h4-7H,3,8-11H2,1-2H3. The summed E-state index contributed by atoms with van der Waals surface area (Å²) in [6.07, 6.45) is 2.63. The van der Waals surface area contributed by atoms with Crippen LogP contribution < -0.4 is 4.74 Å². The van der Waals surface area contributed by atoms with Crippen LogP contribution in [-0.2, 0) is 14.8 Å². The summed E-state index contributed by atoms with van der Waals surface area (Å²) in [5, 5.41) is 0. The Morgan fingerprint density at radius 2 is 2.00 bits per heavy atom. The van der Waals surface area contributed by atoms with Crippen LogP contribution in [0.5, 0.6) is 5.75 Å². The van der Waals surface area contributed by atoms with Gasteiger partial charge in [-0.2, -0.15) is 4.31 Å². The Kier molecular flexibility index (Phi) is 4.85. The molecule has 0 spiro atoms. The lowest BCUT2D eigenvalue weighted by Gasteiger charge is -2.40. The van der Waals surface area contributed by atoms with E-state index in [0.717, 1.165) is 6.42 Å². The average molecular weight is 317 g/mol. The van der Waals surface area contributed by atoms with Gasteiger partial charge in [0.1, 0.15) is 23.8 Å². The number of hydrogen-bond acceptors (Lipinski definition) is 4. The molecule has 0 radical (unpaired) electrons. The molecule has 0 saturated carbocycles. The van der Waals surface area contributed by atoms with Gasteiger partial charge in [-0.1, -0.05) is 0 Å². The first kappa shape index (κ1) is 16.2. The number of rotatable bonds is 5. The highest BCUT2D eigenvalue weighted by atomic mass is 32.2.